The molecule has 2 fully saturated rings. The van der Waals surface area contributed by atoms with Crippen molar-refractivity contribution in [3.63, 3.8) is 0 Å². The van der Waals surface area contributed by atoms with Crippen molar-refractivity contribution in [1.82, 2.24) is 0 Å². The molecule has 3 aliphatic carbocycles. The fourth-order valence-corrected chi connectivity index (χ4v) is 5.57. The molecule has 4 nitrogen and oxygen atoms in total. The number of rotatable bonds is 4. The van der Waals surface area contributed by atoms with Crippen molar-refractivity contribution < 1.29 is 20.1 Å². The van der Waals surface area contributed by atoms with Gasteiger partial charge in [-0.25, -0.2) is 4.79 Å². The van der Waals surface area contributed by atoms with Crippen LogP contribution in [0.2, 0.25) is 0 Å². The zero-order valence-corrected chi connectivity index (χ0v) is 15.1. The van der Waals surface area contributed by atoms with Crippen LogP contribution in [0, 0.1) is 17.8 Å². The number of benzene rings is 1. The molecule has 0 radical (unpaired) electrons. The van der Waals surface area contributed by atoms with E-state index in [4.69, 9.17) is 0 Å². The van der Waals surface area contributed by atoms with E-state index >= 15 is 0 Å². The summed E-state index contributed by atoms with van der Waals surface area (Å²) in [5, 5.41) is 30.6. The van der Waals surface area contributed by atoms with Gasteiger partial charge in [-0.15, -0.1) is 0 Å². The van der Waals surface area contributed by atoms with E-state index in [1.165, 1.54) is 19.3 Å². The predicted octanol–water partition coefficient (Wildman–Crippen LogP) is 3.52. The molecule has 0 aromatic heterocycles. The lowest BCUT2D eigenvalue weighted by Crippen LogP contribution is -2.22. The lowest BCUT2D eigenvalue weighted by molar-refractivity contribution is 0.0694. The van der Waals surface area contributed by atoms with Gasteiger partial charge < -0.3 is 15.3 Å². The molecule has 1 aromatic rings. The first kappa shape index (κ1) is 17.7. The molecule has 3 N–H and O–H groups in total. The number of aliphatic hydroxyl groups excluding tert-OH is 2. The normalized spacial score (nSPS) is 32.5. The largest absolute Gasteiger partial charge is 0.478 e. The van der Waals surface area contributed by atoms with Gasteiger partial charge >= 0.3 is 5.97 Å². The monoisotopic (exact) mass is 356 g/mol. The van der Waals surface area contributed by atoms with Gasteiger partial charge in [0.25, 0.3) is 0 Å². The number of aromatic carboxylic acids is 1. The molecule has 0 spiro atoms. The van der Waals surface area contributed by atoms with E-state index in [0.717, 1.165) is 30.4 Å². The highest BCUT2D eigenvalue weighted by atomic mass is 16.4. The molecule has 1 unspecified atom stereocenters. The average Bonchev–Trinajstić information content (AvgIpc) is 3.14. The first-order chi connectivity index (χ1) is 12.6. The Morgan fingerprint density at radius 3 is 2.69 bits per heavy atom. The lowest BCUT2D eigenvalue weighted by atomic mass is 9.84. The maximum atomic E-state index is 11.6. The van der Waals surface area contributed by atoms with Gasteiger partial charge in [0.15, 0.2) is 0 Å². The van der Waals surface area contributed by atoms with Crippen LogP contribution in [0.4, 0.5) is 0 Å². The van der Waals surface area contributed by atoms with Crippen LogP contribution in [0.3, 0.4) is 0 Å². The molecule has 2 saturated carbocycles. The second kappa shape index (κ2) is 7.16. The summed E-state index contributed by atoms with van der Waals surface area (Å²) in [6.07, 6.45) is 10.3. The third-order valence-corrected chi connectivity index (χ3v) is 6.87. The number of hydrogen-bond acceptors (Lipinski definition) is 3. The number of carbonyl (C=O) groups is 1. The Bertz CT molecular complexity index is 704. The van der Waals surface area contributed by atoms with E-state index in [-0.39, 0.29) is 17.8 Å². The third kappa shape index (κ3) is 3.10. The van der Waals surface area contributed by atoms with E-state index in [9.17, 15) is 20.1 Å². The molecular formula is C22H28O4. The molecule has 0 heterocycles. The Hall–Kier alpha value is -1.65. The van der Waals surface area contributed by atoms with Crippen LogP contribution in [0.15, 0.2) is 30.4 Å². The molecule has 4 rings (SSSR count). The van der Waals surface area contributed by atoms with Crippen molar-refractivity contribution in [2.45, 2.75) is 63.1 Å². The van der Waals surface area contributed by atoms with Crippen molar-refractivity contribution in [1.29, 1.82) is 0 Å². The summed E-state index contributed by atoms with van der Waals surface area (Å²) in [7, 11) is 0. The predicted molar refractivity (Wildman–Crippen MR) is 99.2 cm³/mol. The minimum atomic E-state index is -0.885. The van der Waals surface area contributed by atoms with Crippen LogP contribution in [0.5, 0.6) is 0 Å². The molecule has 0 saturated heterocycles. The average molecular weight is 356 g/mol. The number of fused-ring (bicyclic) bond motifs is 3. The maximum absolute atomic E-state index is 11.6. The molecule has 26 heavy (non-hydrogen) atoms. The Morgan fingerprint density at radius 2 is 1.96 bits per heavy atom. The van der Waals surface area contributed by atoms with Crippen LogP contribution < -0.4 is 0 Å². The molecule has 140 valence electrons. The number of carboxylic acids is 1. The molecule has 3 aliphatic rings. The van der Waals surface area contributed by atoms with Crippen molar-refractivity contribution in [2.75, 3.05) is 0 Å². The van der Waals surface area contributed by atoms with Crippen molar-refractivity contribution in [3.8, 4) is 0 Å². The zero-order valence-electron chi connectivity index (χ0n) is 15.1. The van der Waals surface area contributed by atoms with Gasteiger partial charge in [-0.1, -0.05) is 43.5 Å². The SMILES string of the molecule is O=C(O)c1cccc2c1[C@H]1C[C@@H](O)[C@H](C=CC(O)C3CCCCC3)[C@H]1C2. The fourth-order valence-electron chi connectivity index (χ4n) is 5.57. The van der Waals surface area contributed by atoms with Gasteiger partial charge in [0, 0.05) is 5.92 Å². The van der Waals surface area contributed by atoms with E-state index in [1.54, 1.807) is 6.07 Å². The first-order valence-corrected chi connectivity index (χ1v) is 9.95. The van der Waals surface area contributed by atoms with E-state index in [2.05, 4.69) is 0 Å². The Kier molecular flexibility index (Phi) is 4.89. The van der Waals surface area contributed by atoms with Gasteiger partial charge in [0.2, 0.25) is 0 Å². The number of carboxylic acid groups (broad SMARTS) is 1. The quantitative estimate of drug-likeness (QED) is 0.722. The number of aliphatic hydroxyl groups is 2. The molecular weight excluding hydrogens is 328 g/mol. The maximum Gasteiger partial charge on any atom is 0.335 e. The first-order valence-electron chi connectivity index (χ1n) is 9.95. The summed E-state index contributed by atoms with van der Waals surface area (Å²) in [6.45, 7) is 0. The summed E-state index contributed by atoms with van der Waals surface area (Å²) in [6, 6.07) is 5.51. The van der Waals surface area contributed by atoms with E-state index in [1.807, 2.05) is 24.3 Å². The minimum Gasteiger partial charge on any atom is -0.478 e. The Morgan fingerprint density at radius 1 is 1.19 bits per heavy atom. The standard InChI is InChI=1S/C22H28O4/c23-19(13-5-2-1-3-6-13)10-9-15-17-11-14-7-4-8-16(22(25)26)21(14)18(17)12-20(15)24/h4,7-10,13,15,17-20,23-24H,1-3,5-6,11-12H2,(H,25,26)/t15-,17-,18+,19?,20-/m1/s1. The third-order valence-electron chi connectivity index (χ3n) is 6.87. The number of hydrogen-bond donors (Lipinski definition) is 3. The zero-order chi connectivity index (χ0) is 18.3. The summed E-state index contributed by atoms with van der Waals surface area (Å²) < 4.78 is 0. The highest BCUT2D eigenvalue weighted by Crippen LogP contribution is 2.52. The lowest BCUT2D eigenvalue weighted by Gasteiger charge is -2.25. The highest BCUT2D eigenvalue weighted by molar-refractivity contribution is 5.90. The molecule has 4 heteroatoms. The van der Waals surface area contributed by atoms with Crippen LogP contribution >= 0.6 is 0 Å². The topological polar surface area (TPSA) is 77.8 Å². The Labute approximate surface area is 154 Å². The van der Waals surface area contributed by atoms with Crippen LogP contribution in [-0.2, 0) is 6.42 Å². The van der Waals surface area contributed by atoms with Crippen LogP contribution in [-0.4, -0.2) is 33.5 Å². The van der Waals surface area contributed by atoms with Crippen LogP contribution in [0.1, 0.15) is 65.9 Å². The fraction of sp³-hybridized carbons (Fsp3) is 0.591. The van der Waals surface area contributed by atoms with E-state index in [0.29, 0.717) is 17.9 Å². The van der Waals surface area contributed by atoms with Gasteiger partial charge in [-0.3, -0.25) is 0 Å². The summed E-state index contributed by atoms with van der Waals surface area (Å²) >= 11 is 0. The van der Waals surface area contributed by atoms with Crippen molar-refractivity contribution in [3.05, 3.63) is 47.0 Å². The molecule has 1 aromatic carbocycles. The summed E-state index contributed by atoms with van der Waals surface area (Å²) in [4.78, 5) is 11.6. The summed E-state index contributed by atoms with van der Waals surface area (Å²) in [5.74, 6) is -0.214. The second-order valence-corrected chi connectivity index (χ2v) is 8.31. The van der Waals surface area contributed by atoms with Crippen molar-refractivity contribution >= 4 is 5.97 Å². The van der Waals surface area contributed by atoms with Gasteiger partial charge in [0.05, 0.1) is 17.8 Å². The van der Waals surface area contributed by atoms with E-state index < -0.39 is 18.2 Å². The van der Waals surface area contributed by atoms with Crippen LogP contribution in [0.25, 0.3) is 0 Å². The summed E-state index contributed by atoms with van der Waals surface area (Å²) in [5.41, 5.74) is 2.42. The van der Waals surface area contributed by atoms with Gasteiger partial charge in [0.1, 0.15) is 0 Å². The van der Waals surface area contributed by atoms with Gasteiger partial charge in [-0.05, 0) is 60.6 Å². The molecule has 0 aliphatic heterocycles. The highest BCUT2D eigenvalue weighted by Gasteiger charge is 2.47. The Balaban J connectivity index is 1.52. The van der Waals surface area contributed by atoms with Gasteiger partial charge in [-0.2, -0.15) is 0 Å². The molecule has 5 atom stereocenters. The molecule has 0 bridgehead atoms. The smallest absolute Gasteiger partial charge is 0.335 e. The molecule has 0 amide bonds. The second-order valence-electron chi connectivity index (χ2n) is 8.31. The minimum absolute atomic E-state index is 0.00714. The van der Waals surface area contributed by atoms with Crippen molar-refractivity contribution in [2.24, 2.45) is 17.8 Å².